The second-order valence-electron chi connectivity index (χ2n) is 5.39. The molecule has 1 aromatic rings. The summed E-state index contributed by atoms with van der Waals surface area (Å²) in [6.07, 6.45) is 0.791. The number of ether oxygens (including phenoxy) is 2. The Bertz CT molecular complexity index is 518. The van der Waals surface area contributed by atoms with Crippen LogP contribution < -0.4 is 0 Å². The Kier molecular flexibility index (Phi) is 6.40. The largest absolute Gasteiger partial charge is 0.462 e. The third kappa shape index (κ3) is 4.59. The second kappa shape index (κ2) is 7.81. The molecule has 0 fully saturated rings. The minimum atomic E-state index is -0.483. The quantitative estimate of drug-likeness (QED) is 0.752. The third-order valence-electron chi connectivity index (χ3n) is 3.12. The number of hydrogen-bond acceptors (Lipinski definition) is 4. The van der Waals surface area contributed by atoms with Gasteiger partial charge in [0.15, 0.2) is 0 Å². The fourth-order valence-electron chi connectivity index (χ4n) is 2.00. The number of rotatable bonds is 6. The minimum Gasteiger partial charge on any atom is -0.462 e. The summed E-state index contributed by atoms with van der Waals surface area (Å²) < 4.78 is 10.3. The van der Waals surface area contributed by atoms with Crippen molar-refractivity contribution >= 4 is 11.9 Å². The lowest BCUT2D eigenvalue weighted by Gasteiger charge is -2.13. The SMILES string of the molecule is CCOC(=O)c1cc(CC)c(C)cc1C(=O)OCC(C)C. The zero-order chi connectivity index (χ0) is 16.0. The van der Waals surface area contributed by atoms with E-state index in [0.717, 1.165) is 17.5 Å². The first-order valence-corrected chi connectivity index (χ1v) is 7.38. The number of aryl methyl sites for hydroxylation is 2. The Morgan fingerprint density at radius 3 is 2.14 bits per heavy atom. The van der Waals surface area contributed by atoms with Gasteiger partial charge in [-0.1, -0.05) is 20.8 Å². The van der Waals surface area contributed by atoms with Gasteiger partial charge in [0.25, 0.3) is 0 Å². The van der Waals surface area contributed by atoms with Gasteiger partial charge < -0.3 is 9.47 Å². The van der Waals surface area contributed by atoms with Crippen LogP contribution in [0.15, 0.2) is 12.1 Å². The van der Waals surface area contributed by atoms with Gasteiger partial charge in [-0.25, -0.2) is 9.59 Å². The molecular formula is C17H24O4. The Labute approximate surface area is 126 Å². The van der Waals surface area contributed by atoms with Crippen LogP contribution in [-0.2, 0) is 15.9 Å². The molecule has 0 aromatic heterocycles. The fraction of sp³-hybridized carbons (Fsp3) is 0.529. The van der Waals surface area contributed by atoms with Gasteiger partial charge in [-0.3, -0.25) is 0 Å². The van der Waals surface area contributed by atoms with E-state index in [1.807, 2.05) is 27.7 Å². The molecule has 0 radical (unpaired) electrons. The van der Waals surface area contributed by atoms with Crippen LogP contribution in [0.1, 0.15) is 59.5 Å². The Hall–Kier alpha value is -1.84. The van der Waals surface area contributed by atoms with Gasteiger partial charge in [-0.2, -0.15) is 0 Å². The molecule has 4 heteroatoms. The highest BCUT2D eigenvalue weighted by Crippen LogP contribution is 2.20. The standard InChI is InChI=1S/C17H24O4/c1-6-13-9-15(16(18)20-7-2)14(8-12(13)5)17(19)21-10-11(3)4/h8-9,11H,6-7,10H2,1-5H3. The Balaban J connectivity index is 3.18. The van der Waals surface area contributed by atoms with E-state index in [1.165, 1.54) is 0 Å². The van der Waals surface area contributed by atoms with Crippen LogP contribution in [0.2, 0.25) is 0 Å². The average Bonchev–Trinajstić information content (AvgIpc) is 2.44. The summed E-state index contributed by atoms with van der Waals surface area (Å²) in [7, 11) is 0. The van der Waals surface area contributed by atoms with Crippen LogP contribution in [0.25, 0.3) is 0 Å². The molecular weight excluding hydrogens is 268 g/mol. The van der Waals surface area contributed by atoms with E-state index in [4.69, 9.17) is 9.47 Å². The molecule has 0 saturated heterocycles. The van der Waals surface area contributed by atoms with Crippen molar-refractivity contribution in [1.82, 2.24) is 0 Å². The lowest BCUT2D eigenvalue weighted by Crippen LogP contribution is -2.17. The first-order chi connectivity index (χ1) is 9.90. The van der Waals surface area contributed by atoms with Crippen molar-refractivity contribution in [3.05, 3.63) is 34.4 Å². The second-order valence-corrected chi connectivity index (χ2v) is 5.39. The van der Waals surface area contributed by atoms with Crippen LogP contribution in [-0.4, -0.2) is 25.2 Å². The van der Waals surface area contributed by atoms with Crippen molar-refractivity contribution in [2.45, 2.75) is 41.0 Å². The predicted molar refractivity (Wildman–Crippen MR) is 81.6 cm³/mol. The van der Waals surface area contributed by atoms with Crippen molar-refractivity contribution in [2.75, 3.05) is 13.2 Å². The van der Waals surface area contributed by atoms with Crippen molar-refractivity contribution in [1.29, 1.82) is 0 Å². The monoisotopic (exact) mass is 292 g/mol. The maximum absolute atomic E-state index is 12.2. The van der Waals surface area contributed by atoms with Crippen molar-refractivity contribution < 1.29 is 19.1 Å². The average molecular weight is 292 g/mol. The van der Waals surface area contributed by atoms with Gasteiger partial charge >= 0.3 is 11.9 Å². The van der Waals surface area contributed by atoms with Crippen LogP contribution in [0, 0.1) is 12.8 Å². The summed E-state index contributed by atoms with van der Waals surface area (Å²) in [4.78, 5) is 24.3. The molecule has 0 aliphatic carbocycles. The van der Waals surface area contributed by atoms with Crippen LogP contribution >= 0.6 is 0 Å². The molecule has 0 saturated carbocycles. The smallest absolute Gasteiger partial charge is 0.339 e. The zero-order valence-corrected chi connectivity index (χ0v) is 13.5. The molecule has 1 aromatic carbocycles. The Morgan fingerprint density at radius 2 is 1.62 bits per heavy atom. The molecule has 0 bridgehead atoms. The van der Waals surface area contributed by atoms with Crippen molar-refractivity contribution in [2.24, 2.45) is 5.92 Å². The normalized spacial score (nSPS) is 10.6. The van der Waals surface area contributed by atoms with E-state index in [1.54, 1.807) is 19.1 Å². The van der Waals surface area contributed by atoms with Gasteiger partial charge in [0.1, 0.15) is 0 Å². The number of esters is 2. The van der Waals surface area contributed by atoms with Crippen molar-refractivity contribution in [3.63, 3.8) is 0 Å². The van der Waals surface area contributed by atoms with Gasteiger partial charge in [0, 0.05) is 0 Å². The molecule has 0 heterocycles. The molecule has 4 nitrogen and oxygen atoms in total. The first-order valence-electron chi connectivity index (χ1n) is 7.38. The summed E-state index contributed by atoms with van der Waals surface area (Å²) in [6.45, 7) is 10.2. The van der Waals surface area contributed by atoms with Gasteiger partial charge in [0.2, 0.25) is 0 Å². The van der Waals surface area contributed by atoms with E-state index in [2.05, 4.69) is 0 Å². The molecule has 116 valence electrons. The summed E-state index contributed by atoms with van der Waals surface area (Å²) in [5, 5.41) is 0. The Morgan fingerprint density at radius 1 is 1.05 bits per heavy atom. The van der Waals surface area contributed by atoms with E-state index >= 15 is 0 Å². The fourth-order valence-corrected chi connectivity index (χ4v) is 2.00. The topological polar surface area (TPSA) is 52.6 Å². The highest BCUT2D eigenvalue weighted by molar-refractivity contribution is 6.03. The molecule has 1 rings (SSSR count). The molecule has 0 aliphatic heterocycles. The number of hydrogen-bond donors (Lipinski definition) is 0. The third-order valence-corrected chi connectivity index (χ3v) is 3.12. The maximum Gasteiger partial charge on any atom is 0.339 e. The van der Waals surface area contributed by atoms with Gasteiger partial charge in [-0.05, 0) is 49.4 Å². The molecule has 0 atom stereocenters. The van der Waals surface area contributed by atoms with Crippen LogP contribution in [0.5, 0.6) is 0 Å². The summed E-state index contributed by atoms with van der Waals surface area (Å²) in [5.74, 6) is -0.711. The van der Waals surface area contributed by atoms with E-state index in [9.17, 15) is 9.59 Å². The number of carbonyl (C=O) groups excluding carboxylic acids is 2. The molecule has 0 unspecified atom stereocenters. The summed E-state index contributed by atoms with van der Waals surface area (Å²) >= 11 is 0. The highest BCUT2D eigenvalue weighted by Gasteiger charge is 2.21. The minimum absolute atomic E-state index is 0.246. The predicted octanol–water partition coefficient (Wildman–Crippen LogP) is 3.55. The van der Waals surface area contributed by atoms with Gasteiger partial charge in [-0.15, -0.1) is 0 Å². The number of benzene rings is 1. The maximum atomic E-state index is 12.2. The van der Waals surface area contributed by atoms with Crippen molar-refractivity contribution in [3.8, 4) is 0 Å². The lowest BCUT2D eigenvalue weighted by molar-refractivity contribution is 0.0434. The lowest BCUT2D eigenvalue weighted by atomic mass is 9.97. The summed E-state index contributed by atoms with van der Waals surface area (Å²) in [5.41, 5.74) is 2.57. The van der Waals surface area contributed by atoms with Gasteiger partial charge in [0.05, 0.1) is 24.3 Å². The molecule has 0 spiro atoms. The molecule has 21 heavy (non-hydrogen) atoms. The van der Waals surface area contributed by atoms with E-state index < -0.39 is 11.9 Å². The highest BCUT2D eigenvalue weighted by atomic mass is 16.5. The zero-order valence-electron chi connectivity index (χ0n) is 13.5. The summed E-state index contributed by atoms with van der Waals surface area (Å²) in [6, 6.07) is 3.45. The van der Waals surface area contributed by atoms with Crippen LogP contribution in [0.4, 0.5) is 0 Å². The van der Waals surface area contributed by atoms with E-state index in [-0.39, 0.29) is 23.7 Å². The van der Waals surface area contributed by atoms with E-state index in [0.29, 0.717) is 6.61 Å². The molecule has 0 amide bonds. The first kappa shape index (κ1) is 17.2. The molecule has 0 N–H and O–H groups in total. The molecule has 0 aliphatic rings. The van der Waals surface area contributed by atoms with Crippen LogP contribution in [0.3, 0.4) is 0 Å². The number of carbonyl (C=O) groups is 2.